The zero-order valence-electron chi connectivity index (χ0n) is 9.45. The summed E-state index contributed by atoms with van der Waals surface area (Å²) >= 11 is 6.85. The summed E-state index contributed by atoms with van der Waals surface area (Å²) in [5, 5.41) is 26.9. The molecule has 0 saturated carbocycles. The van der Waals surface area contributed by atoms with Crippen molar-refractivity contribution in [1.82, 2.24) is 15.0 Å². The van der Waals surface area contributed by atoms with E-state index in [9.17, 15) is 4.79 Å². The maximum absolute atomic E-state index is 10.8. The summed E-state index contributed by atoms with van der Waals surface area (Å²) in [5.74, 6) is -1.01. The second-order valence-electron chi connectivity index (χ2n) is 3.50. The van der Waals surface area contributed by atoms with Crippen molar-refractivity contribution in [1.29, 1.82) is 5.26 Å². The fraction of sp³-hybridized carbons (Fsp3) is 0.0909. The Kier molecular flexibility index (Phi) is 4.04. The Hall–Kier alpha value is -2.04. The second-order valence-corrected chi connectivity index (χ2v) is 4.71. The van der Waals surface area contributed by atoms with Crippen molar-refractivity contribution >= 4 is 29.3 Å². The highest BCUT2D eigenvalue weighted by molar-refractivity contribution is 8.03. The van der Waals surface area contributed by atoms with Gasteiger partial charge in [-0.3, -0.25) is 4.79 Å². The number of aliphatic carboxylic acids is 1. The number of nitriles is 1. The predicted octanol–water partition coefficient (Wildman–Crippen LogP) is 2.12. The molecule has 1 aromatic carbocycles. The average Bonchev–Trinajstić information content (AvgIpc) is 2.72. The van der Waals surface area contributed by atoms with Crippen LogP contribution in [0.3, 0.4) is 0 Å². The van der Waals surface area contributed by atoms with Gasteiger partial charge in [0.05, 0.1) is 17.8 Å². The average molecular weight is 295 g/mol. The van der Waals surface area contributed by atoms with Crippen LogP contribution in [0.4, 0.5) is 0 Å². The van der Waals surface area contributed by atoms with Crippen LogP contribution in [-0.4, -0.2) is 26.1 Å². The van der Waals surface area contributed by atoms with Crippen LogP contribution in [-0.2, 0) is 11.2 Å². The molecule has 0 spiro atoms. The molecule has 0 saturated heterocycles. The molecule has 0 aliphatic heterocycles. The molecule has 2 rings (SSSR count). The third kappa shape index (κ3) is 3.05. The zero-order chi connectivity index (χ0) is 13.8. The molecule has 0 aliphatic rings. The minimum Gasteiger partial charge on any atom is -0.481 e. The Labute approximate surface area is 117 Å². The summed E-state index contributed by atoms with van der Waals surface area (Å²) in [4.78, 5) is 11.6. The van der Waals surface area contributed by atoms with E-state index < -0.39 is 5.97 Å². The van der Waals surface area contributed by atoms with E-state index in [2.05, 4.69) is 10.3 Å². The van der Waals surface area contributed by atoms with Gasteiger partial charge in [0.1, 0.15) is 5.40 Å². The third-order valence-corrected chi connectivity index (χ3v) is 3.17. The number of halogens is 1. The molecule has 0 amide bonds. The Bertz CT molecular complexity index is 648. The van der Waals surface area contributed by atoms with Gasteiger partial charge in [-0.15, -0.1) is 5.10 Å². The molecule has 2 aromatic rings. The van der Waals surface area contributed by atoms with E-state index >= 15 is 0 Å². The van der Waals surface area contributed by atoms with Crippen molar-refractivity contribution in [3.63, 3.8) is 0 Å². The van der Waals surface area contributed by atoms with E-state index in [0.717, 1.165) is 16.7 Å². The quantitative estimate of drug-likeness (QED) is 0.686. The lowest BCUT2D eigenvalue weighted by Crippen LogP contribution is -2.08. The largest absolute Gasteiger partial charge is 0.481 e. The fourth-order valence-electron chi connectivity index (χ4n) is 1.49. The molecule has 19 heavy (non-hydrogen) atoms. The number of rotatable bonds is 4. The van der Waals surface area contributed by atoms with Gasteiger partial charge in [-0.25, -0.2) is 4.68 Å². The number of carboxylic acid groups (broad SMARTS) is 1. The number of carboxylic acids is 1. The molecule has 6 nitrogen and oxygen atoms in total. The smallest absolute Gasteiger partial charge is 0.309 e. The molecule has 1 aromatic heterocycles. The van der Waals surface area contributed by atoms with Crippen LogP contribution in [0.5, 0.6) is 0 Å². The van der Waals surface area contributed by atoms with Crippen molar-refractivity contribution in [3.05, 3.63) is 35.1 Å². The van der Waals surface area contributed by atoms with Gasteiger partial charge in [0.15, 0.2) is 5.15 Å². The highest BCUT2D eigenvalue weighted by Gasteiger charge is 2.15. The first-order valence-electron chi connectivity index (χ1n) is 5.10. The van der Waals surface area contributed by atoms with E-state index in [-0.39, 0.29) is 11.6 Å². The van der Waals surface area contributed by atoms with Gasteiger partial charge in [-0.05, 0) is 36.0 Å². The van der Waals surface area contributed by atoms with Gasteiger partial charge in [0.2, 0.25) is 0 Å². The summed E-state index contributed by atoms with van der Waals surface area (Å²) in [6, 6.07) is 6.92. The van der Waals surface area contributed by atoms with Crippen LogP contribution < -0.4 is 0 Å². The summed E-state index contributed by atoms with van der Waals surface area (Å²) in [6.07, 6.45) is -0.263. The number of nitrogens with zero attached hydrogens (tertiary/aromatic N) is 4. The standard InChI is InChI=1S/C11H7ClN4O2S/c12-11-9(5-10(17)18)16(15-14-11)7-1-3-8(4-2-7)19-6-13/h1-4H,5H2,(H,17,18). The van der Waals surface area contributed by atoms with Crippen LogP contribution in [0.25, 0.3) is 5.69 Å². The van der Waals surface area contributed by atoms with Gasteiger partial charge in [0, 0.05) is 4.90 Å². The lowest BCUT2D eigenvalue weighted by atomic mass is 10.3. The van der Waals surface area contributed by atoms with E-state index in [4.69, 9.17) is 22.0 Å². The molecule has 0 atom stereocenters. The van der Waals surface area contributed by atoms with Crippen LogP contribution in [0, 0.1) is 10.7 Å². The molecule has 0 bridgehead atoms. The fourth-order valence-corrected chi connectivity index (χ4v) is 2.05. The van der Waals surface area contributed by atoms with Gasteiger partial charge in [-0.2, -0.15) is 5.26 Å². The number of carbonyl (C=O) groups is 1. The molecular formula is C11H7ClN4O2S. The van der Waals surface area contributed by atoms with Crippen molar-refractivity contribution in [2.24, 2.45) is 0 Å². The molecule has 96 valence electrons. The number of aromatic nitrogens is 3. The number of thioether (sulfide) groups is 1. The van der Waals surface area contributed by atoms with Gasteiger partial charge in [-0.1, -0.05) is 16.8 Å². The SMILES string of the molecule is N#CSc1ccc(-n2nnc(Cl)c2CC(=O)O)cc1. The van der Waals surface area contributed by atoms with Crippen molar-refractivity contribution in [2.75, 3.05) is 0 Å². The number of thiocyanates is 1. The number of hydrogen-bond donors (Lipinski definition) is 1. The molecular weight excluding hydrogens is 288 g/mol. The Morgan fingerprint density at radius 3 is 2.74 bits per heavy atom. The van der Waals surface area contributed by atoms with E-state index in [1.807, 2.05) is 5.40 Å². The second kappa shape index (κ2) is 5.73. The van der Waals surface area contributed by atoms with Crippen molar-refractivity contribution in [3.8, 4) is 11.1 Å². The third-order valence-electron chi connectivity index (χ3n) is 2.28. The predicted molar refractivity (Wildman–Crippen MR) is 69.2 cm³/mol. The number of hydrogen-bond acceptors (Lipinski definition) is 5. The first-order chi connectivity index (χ1) is 9.11. The van der Waals surface area contributed by atoms with E-state index in [0.29, 0.717) is 11.4 Å². The van der Waals surface area contributed by atoms with Crippen molar-refractivity contribution in [2.45, 2.75) is 11.3 Å². The van der Waals surface area contributed by atoms with Crippen molar-refractivity contribution < 1.29 is 9.90 Å². The summed E-state index contributed by atoms with van der Waals surface area (Å²) in [7, 11) is 0. The molecule has 0 fully saturated rings. The normalized spacial score (nSPS) is 10.1. The summed E-state index contributed by atoms with van der Waals surface area (Å²) < 4.78 is 1.37. The first-order valence-corrected chi connectivity index (χ1v) is 6.29. The minimum absolute atomic E-state index is 0.0675. The summed E-state index contributed by atoms with van der Waals surface area (Å²) in [5.41, 5.74) is 0.952. The maximum atomic E-state index is 10.8. The first kappa shape index (κ1) is 13.4. The molecule has 0 unspecified atom stereocenters. The van der Waals surface area contributed by atoms with Crippen LogP contribution in [0.1, 0.15) is 5.69 Å². The van der Waals surface area contributed by atoms with Gasteiger partial charge in [0.25, 0.3) is 0 Å². The summed E-state index contributed by atoms with van der Waals surface area (Å²) in [6.45, 7) is 0. The topological polar surface area (TPSA) is 91.8 Å². The van der Waals surface area contributed by atoms with E-state index in [1.165, 1.54) is 4.68 Å². The zero-order valence-corrected chi connectivity index (χ0v) is 11.0. The lowest BCUT2D eigenvalue weighted by Gasteiger charge is -2.05. The molecule has 1 N–H and O–H groups in total. The Morgan fingerprint density at radius 2 is 2.16 bits per heavy atom. The monoisotopic (exact) mass is 294 g/mol. The highest BCUT2D eigenvalue weighted by atomic mass is 35.5. The van der Waals surface area contributed by atoms with Gasteiger partial charge < -0.3 is 5.11 Å². The van der Waals surface area contributed by atoms with Crippen LogP contribution >= 0.6 is 23.4 Å². The Balaban J connectivity index is 2.36. The van der Waals surface area contributed by atoms with Crippen LogP contribution in [0.2, 0.25) is 5.15 Å². The maximum Gasteiger partial charge on any atom is 0.309 e. The lowest BCUT2D eigenvalue weighted by molar-refractivity contribution is -0.136. The van der Waals surface area contributed by atoms with E-state index in [1.54, 1.807) is 24.3 Å². The molecule has 0 aliphatic carbocycles. The van der Waals surface area contributed by atoms with Crippen LogP contribution in [0.15, 0.2) is 29.2 Å². The Morgan fingerprint density at radius 1 is 1.47 bits per heavy atom. The van der Waals surface area contributed by atoms with Gasteiger partial charge >= 0.3 is 5.97 Å². The molecule has 0 radical (unpaired) electrons. The number of benzene rings is 1. The highest BCUT2D eigenvalue weighted by Crippen LogP contribution is 2.21. The molecule has 8 heteroatoms. The molecule has 1 heterocycles. The minimum atomic E-state index is -1.01.